The molecule has 0 saturated carbocycles. The van der Waals surface area contributed by atoms with Gasteiger partial charge in [-0.25, -0.2) is 0 Å². The van der Waals surface area contributed by atoms with Crippen molar-refractivity contribution < 1.29 is 19.1 Å². The first-order chi connectivity index (χ1) is 12.4. The highest BCUT2D eigenvalue weighted by Gasteiger charge is 2.16. The van der Waals surface area contributed by atoms with Crippen LogP contribution in [0.2, 0.25) is 0 Å². The zero-order chi connectivity index (χ0) is 19.5. The van der Waals surface area contributed by atoms with Crippen LogP contribution in [0.15, 0.2) is 18.2 Å². The van der Waals surface area contributed by atoms with E-state index < -0.39 is 0 Å². The highest BCUT2D eigenvalue weighted by Crippen LogP contribution is 2.29. The summed E-state index contributed by atoms with van der Waals surface area (Å²) in [5.41, 5.74) is 0.561. The standard InChI is InChI=1S/C19H31N3O4/c1-6-22(7-2)19(24)14-21(5)13-18(23)20-16-12-15(25-8-3)10-11-17(16)26-9-4/h10-12H,6-9,13-14H2,1-5H3,(H,20,23). The Bertz CT molecular complexity index is 588. The van der Waals surface area contributed by atoms with Gasteiger partial charge in [-0.15, -0.1) is 0 Å². The summed E-state index contributed by atoms with van der Waals surface area (Å²) in [6, 6.07) is 5.32. The van der Waals surface area contributed by atoms with Gasteiger partial charge in [-0.05, 0) is 46.9 Å². The maximum absolute atomic E-state index is 12.4. The number of benzene rings is 1. The molecule has 146 valence electrons. The molecule has 7 heteroatoms. The molecule has 1 N–H and O–H groups in total. The van der Waals surface area contributed by atoms with E-state index in [1.54, 1.807) is 35.0 Å². The van der Waals surface area contributed by atoms with Crippen molar-refractivity contribution in [1.29, 1.82) is 0 Å². The van der Waals surface area contributed by atoms with Gasteiger partial charge < -0.3 is 19.7 Å². The summed E-state index contributed by atoms with van der Waals surface area (Å²) in [5, 5.41) is 2.84. The molecular weight excluding hydrogens is 334 g/mol. The minimum absolute atomic E-state index is 0.0126. The molecule has 0 heterocycles. The number of hydrogen-bond donors (Lipinski definition) is 1. The molecule has 7 nitrogen and oxygen atoms in total. The molecule has 1 rings (SSSR count). The lowest BCUT2D eigenvalue weighted by atomic mass is 10.2. The fraction of sp³-hybridized carbons (Fsp3) is 0.579. The van der Waals surface area contributed by atoms with Gasteiger partial charge in [0.15, 0.2) is 0 Å². The molecule has 0 radical (unpaired) electrons. The number of likely N-dealkylation sites (N-methyl/N-ethyl adjacent to an activating group) is 2. The van der Waals surface area contributed by atoms with E-state index in [2.05, 4.69) is 5.32 Å². The zero-order valence-corrected chi connectivity index (χ0v) is 16.5. The highest BCUT2D eigenvalue weighted by atomic mass is 16.5. The molecule has 2 amide bonds. The summed E-state index contributed by atoms with van der Waals surface area (Å²) in [6.07, 6.45) is 0. The SMILES string of the molecule is CCOc1ccc(OCC)c(NC(=O)CN(C)CC(=O)N(CC)CC)c1. The van der Waals surface area contributed by atoms with Gasteiger partial charge in [-0.1, -0.05) is 0 Å². The Labute approximate surface area is 156 Å². The van der Waals surface area contributed by atoms with E-state index in [-0.39, 0.29) is 24.9 Å². The van der Waals surface area contributed by atoms with Crippen LogP contribution in [-0.2, 0) is 9.59 Å². The van der Waals surface area contributed by atoms with Crippen LogP contribution in [-0.4, -0.2) is 68.1 Å². The number of carbonyl (C=O) groups is 2. The number of ether oxygens (including phenoxy) is 2. The van der Waals surface area contributed by atoms with Gasteiger partial charge in [0, 0.05) is 19.2 Å². The second kappa shape index (κ2) is 11.4. The molecule has 0 atom stereocenters. The maximum Gasteiger partial charge on any atom is 0.238 e. The molecule has 0 aliphatic heterocycles. The first-order valence-electron chi connectivity index (χ1n) is 9.10. The van der Waals surface area contributed by atoms with Gasteiger partial charge in [0.2, 0.25) is 11.8 Å². The van der Waals surface area contributed by atoms with Crippen molar-refractivity contribution in [1.82, 2.24) is 9.80 Å². The molecule has 0 unspecified atom stereocenters. The van der Waals surface area contributed by atoms with E-state index in [0.29, 0.717) is 43.5 Å². The van der Waals surface area contributed by atoms with E-state index in [4.69, 9.17) is 9.47 Å². The topological polar surface area (TPSA) is 71.1 Å². The number of rotatable bonds is 11. The van der Waals surface area contributed by atoms with Crippen molar-refractivity contribution in [3.63, 3.8) is 0 Å². The second-order valence-electron chi connectivity index (χ2n) is 5.81. The van der Waals surface area contributed by atoms with Gasteiger partial charge >= 0.3 is 0 Å². The Morgan fingerprint density at radius 3 is 2.23 bits per heavy atom. The van der Waals surface area contributed by atoms with Crippen molar-refractivity contribution >= 4 is 17.5 Å². The van der Waals surface area contributed by atoms with Crippen molar-refractivity contribution in [3.05, 3.63) is 18.2 Å². The largest absolute Gasteiger partial charge is 0.494 e. The van der Waals surface area contributed by atoms with Crippen molar-refractivity contribution in [3.8, 4) is 11.5 Å². The first-order valence-corrected chi connectivity index (χ1v) is 9.10. The minimum atomic E-state index is -0.213. The number of carbonyl (C=O) groups excluding carboxylic acids is 2. The number of amides is 2. The van der Waals surface area contributed by atoms with Gasteiger partial charge in [-0.2, -0.15) is 0 Å². The summed E-state index contributed by atoms with van der Waals surface area (Å²) in [6.45, 7) is 10.3. The van der Waals surface area contributed by atoms with Crippen molar-refractivity contribution in [2.45, 2.75) is 27.7 Å². The quantitative estimate of drug-likeness (QED) is 0.651. The van der Waals surface area contributed by atoms with Crippen LogP contribution >= 0.6 is 0 Å². The summed E-state index contributed by atoms with van der Waals surface area (Å²) in [4.78, 5) is 27.9. The summed E-state index contributed by atoms with van der Waals surface area (Å²) in [5.74, 6) is 1.05. The maximum atomic E-state index is 12.4. The van der Waals surface area contributed by atoms with E-state index in [0.717, 1.165) is 0 Å². The number of nitrogens with one attached hydrogen (secondary N) is 1. The van der Waals surface area contributed by atoms with Gasteiger partial charge in [0.25, 0.3) is 0 Å². The molecule has 1 aromatic rings. The Balaban J connectivity index is 2.71. The number of nitrogens with zero attached hydrogens (tertiary/aromatic N) is 2. The van der Waals surface area contributed by atoms with Crippen LogP contribution in [0.1, 0.15) is 27.7 Å². The molecule has 0 aliphatic rings. The van der Waals surface area contributed by atoms with Gasteiger partial charge in [0.05, 0.1) is 32.0 Å². The zero-order valence-electron chi connectivity index (χ0n) is 16.5. The molecule has 1 aromatic carbocycles. The molecule has 26 heavy (non-hydrogen) atoms. The lowest BCUT2D eigenvalue weighted by Gasteiger charge is -2.23. The van der Waals surface area contributed by atoms with Crippen LogP contribution in [0.25, 0.3) is 0 Å². The first kappa shape index (κ1) is 21.8. The van der Waals surface area contributed by atoms with Crippen LogP contribution in [0.4, 0.5) is 5.69 Å². The molecule has 0 saturated heterocycles. The fourth-order valence-electron chi connectivity index (χ4n) is 2.54. The number of hydrogen-bond acceptors (Lipinski definition) is 5. The van der Waals surface area contributed by atoms with Gasteiger partial charge in [-0.3, -0.25) is 14.5 Å². The smallest absolute Gasteiger partial charge is 0.238 e. The third kappa shape index (κ3) is 6.92. The second-order valence-corrected chi connectivity index (χ2v) is 5.81. The third-order valence-electron chi connectivity index (χ3n) is 3.77. The minimum Gasteiger partial charge on any atom is -0.494 e. The average molecular weight is 365 g/mol. The van der Waals surface area contributed by atoms with Gasteiger partial charge in [0.1, 0.15) is 11.5 Å². The molecule has 0 aromatic heterocycles. The predicted molar refractivity (Wildman–Crippen MR) is 103 cm³/mol. The van der Waals surface area contributed by atoms with E-state index in [1.807, 2.05) is 27.7 Å². The van der Waals surface area contributed by atoms with Crippen LogP contribution < -0.4 is 14.8 Å². The highest BCUT2D eigenvalue weighted by molar-refractivity contribution is 5.94. The molecule has 0 bridgehead atoms. The predicted octanol–water partition coefficient (Wildman–Crippen LogP) is 2.22. The lowest BCUT2D eigenvalue weighted by molar-refractivity contribution is -0.132. The van der Waals surface area contributed by atoms with Crippen molar-refractivity contribution in [2.24, 2.45) is 0 Å². The monoisotopic (exact) mass is 365 g/mol. The van der Waals surface area contributed by atoms with Crippen molar-refractivity contribution in [2.75, 3.05) is 51.8 Å². The van der Waals surface area contributed by atoms with Crippen LogP contribution in [0, 0.1) is 0 Å². The van der Waals surface area contributed by atoms with E-state index in [9.17, 15) is 9.59 Å². The normalized spacial score (nSPS) is 10.5. The van der Waals surface area contributed by atoms with Crippen LogP contribution in [0.3, 0.4) is 0 Å². The summed E-state index contributed by atoms with van der Waals surface area (Å²) >= 11 is 0. The third-order valence-corrected chi connectivity index (χ3v) is 3.77. The van der Waals surface area contributed by atoms with E-state index in [1.165, 1.54) is 0 Å². The Morgan fingerprint density at radius 2 is 1.65 bits per heavy atom. The fourth-order valence-corrected chi connectivity index (χ4v) is 2.54. The summed E-state index contributed by atoms with van der Waals surface area (Å²) in [7, 11) is 1.75. The van der Waals surface area contributed by atoms with Crippen LogP contribution in [0.5, 0.6) is 11.5 Å². The molecule has 0 spiro atoms. The Kier molecular flexibility index (Phi) is 9.51. The Morgan fingerprint density at radius 1 is 1.00 bits per heavy atom. The average Bonchev–Trinajstić information content (AvgIpc) is 2.58. The molecule has 0 fully saturated rings. The van der Waals surface area contributed by atoms with E-state index >= 15 is 0 Å². The Hall–Kier alpha value is -2.28. The number of anilines is 1. The molecular formula is C19H31N3O4. The summed E-state index contributed by atoms with van der Waals surface area (Å²) < 4.78 is 11.0. The molecule has 0 aliphatic carbocycles. The lowest BCUT2D eigenvalue weighted by Crippen LogP contribution is -2.41.